The lowest BCUT2D eigenvalue weighted by Gasteiger charge is -1.87. The summed E-state index contributed by atoms with van der Waals surface area (Å²) in [5.41, 5.74) is 0. The molecular formula is C8H6O2. The summed E-state index contributed by atoms with van der Waals surface area (Å²) >= 11 is 0. The summed E-state index contributed by atoms with van der Waals surface area (Å²) in [6.07, 6.45) is 9.27. The molecule has 0 N–H and O–H groups in total. The van der Waals surface area contributed by atoms with Crippen molar-refractivity contribution >= 4 is 11.6 Å². The van der Waals surface area contributed by atoms with E-state index in [4.69, 9.17) is 12.8 Å². The molecule has 0 saturated carbocycles. The molecule has 0 amide bonds. The second-order valence-corrected chi connectivity index (χ2v) is 1.61. The van der Waals surface area contributed by atoms with Crippen molar-refractivity contribution in [2.75, 3.05) is 0 Å². The standard InChI is InChI=1S/C8H6O2/c1-3-5-7(9)8(10)6-4-2/h1-2H,5-6H2. The molecule has 0 rings (SSSR count). The average molecular weight is 134 g/mol. The van der Waals surface area contributed by atoms with Crippen molar-refractivity contribution in [3.63, 3.8) is 0 Å². The van der Waals surface area contributed by atoms with Crippen molar-refractivity contribution in [2.24, 2.45) is 0 Å². The summed E-state index contributed by atoms with van der Waals surface area (Å²) in [7, 11) is 0. The van der Waals surface area contributed by atoms with Crippen LogP contribution >= 0.6 is 0 Å². The van der Waals surface area contributed by atoms with Crippen molar-refractivity contribution in [3.05, 3.63) is 0 Å². The van der Waals surface area contributed by atoms with Crippen LogP contribution < -0.4 is 0 Å². The van der Waals surface area contributed by atoms with E-state index in [0.717, 1.165) is 0 Å². The van der Waals surface area contributed by atoms with E-state index in [0.29, 0.717) is 0 Å². The minimum absolute atomic E-state index is 0.152. The normalized spacial score (nSPS) is 7.40. The number of rotatable bonds is 3. The maximum absolute atomic E-state index is 10.5. The molecule has 0 aromatic heterocycles. The maximum Gasteiger partial charge on any atom is 0.211 e. The van der Waals surface area contributed by atoms with Crippen molar-refractivity contribution < 1.29 is 9.59 Å². The van der Waals surface area contributed by atoms with Crippen LogP contribution in [0.1, 0.15) is 12.8 Å². The summed E-state index contributed by atoms with van der Waals surface area (Å²) in [6, 6.07) is 0. The van der Waals surface area contributed by atoms with Crippen molar-refractivity contribution in [1.29, 1.82) is 0 Å². The summed E-state index contributed by atoms with van der Waals surface area (Å²) < 4.78 is 0. The van der Waals surface area contributed by atoms with Gasteiger partial charge >= 0.3 is 0 Å². The van der Waals surface area contributed by atoms with Crippen LogP contribution in [0, 0.1) is 24.7 Å². The Morgan fingerprint density at radius 3 is 1.50 bits per heavy atom. The summed E-state index contributed by atoms with van der Waals surface area (Å²) in [4.78, 5) is 21.1. The maximum atomic E-state index is 10.5. The van der Waals surface area contributed by atoms with Gasteiger partial charge in [-0.05, 0) is 0 Å². The number of Topliss-reactive ketones (excluding diaryl/α,β-unsaturated/α-hetero) is 2. The lowest BCUT2D eigenvalue weighted by Crippen LogP contribution is -2.11. The Morgan fingerprint density at radius 1 is 1.00 bits per heavy atom. The molecule has 0 fully saturated rings. The topological polar surface area (TPSA) is 34.1 Å². The summed E-state index contributed by atoms with van der Waals surface area (Å²) in [6.45, 7) is 0. The number of hydrogen-bond acceptors (Lipinski definition) is 2. The zero-order valence-electron chi connectivity index (χ0n) is 5.39. The van der Waals surface area contributed by atoms with Gasteiger partial charge in [-0.3, -0.25) is 9.59 Å². The SMILES string of the molecule is C#CCC(=O)C(=O)CC#C. The van der Waals surface area contributed by atoms with Crippen LogP contribution in [0.25, 0.3) is 0 Å². The molecule has 0 saturated heterocycles. The quantitative estimate of drug-likeness (QED) is 0.407. The molecule has 0 aromatic carbocycles. The largest absolute Gasteiger partial charge is 0.290 e. The molecule has 10 heavy (non-hydrogen) atoms. The van der Waals surface area contributed by atoms with E-state index in [1.54, 1.807) is 0 Å². The highest BCUT2D eigenvalue weighted by Gasteiger charge is 2.09. The Bertz CT molecular complexity index is 199. The number of hydrogen-bond donors (Lipinski definition) is 0. The Labute approximate surface area is 59.6 Å². The second-order valence-electron chi connectivity index (χ2n) is 1.61. The summed E-state index contributed by atoms with van der Waals surface area (Å²) in [5, 5.41) is 0. The van der Waals surface area contributed by atoms with Crippen molar-refractivity contribution in [1.82, 2.24) is 0 Å². The van der Waals surface area contributed by atoms with E-state index in [1.165, 1.54) is 0 Å². The first-order valence-corrected chi connectivity index (χ1v) is 2.65. The predicted octanol–water partition coefficient (Wildman–Crippen LogP) is 0.171. The Kier molecular flexibility index (Phi) is 3.68. The highest BCUT2D eigenvalue weighted by Crippen LogP contribution is 1.87. The molecule has 0 aromatic rings. The van der Waals surface area contributed by atoms with E-state index in [-0.39, 0.29) is 12.8 Å². The predicted molar refractivity (Wildman–Crippen MR) is 36.9 cm³/mol. The monoisotopic (exact) mass is 134 g/mol. The molecule has 0 bridgehead atoms. The van der Waals surface area contributed by atoms with Crippen LogP contribution in [-0.4, -0.2) is 11.6 Å². The van der Waals surface area contributed by atoms with Gasteiger partial charge in [-0.25, -0.2) is 0 Å². The van der Waals surface area contributed by atoms with Gasteiger partial charge in [0.05, 0.1) is 12.8 Å². The van der Waals surface area contributed by atoms with Crippen molar-refractivity contribution in [3.8, 4) is 24.7 Å². The molecule has 50 valence electrons. The number of carbonyl (C=O) groups is 2. The molecule has 0 aliphatic rings. The van der Waals surface area contributed by atoms with Gasteiger partial charge in [-0.15, -0.1) is 12.8 Å². The Hall–Kier alpha value is -1.54. The molecule has 0 unspecified atom stereocenters. The fourth-order valence-electron chi connectivity index (χ4n) is 0.383. The fourth-order valence-corrected chi connectivity index (χ4v) is 0.383. The molecule has 0 radical (unpaired) electrons. The highest BCUT2D eigenvalue weighted by atomic mass is 16.2. The molecule has 0 aliphatic carbocycles. The first-order chi connectivity index (χ1) is 4.72. The van der Waals surface area contributed by atoms with E-state index in [2.05, 4.69) is 11.8 Å². The van der Waals surface area contributed by atoms with Gasteiger partial charge in [-0.2, -0.15) is 0 Å². The smallest absolute Gasteiger partial charge is 0.211 e. The van der Waals surface area contributed by atoms with Gasteiger partial charge < -0.3 is 0 Å². The third-order valence-corrected chi connectivity index (χ3v) is 0.836. The number of carbonyl (C=O) groups excluding carboxylic acids is 2. The Balaban J connectivity index is 3.89. The van der Waals surface area contributed by atoms with Crippen molar-refractivity contribution in [2.45, 2.75) is 12.8 Å². The van der Waals surface area contributed by atoms with Crippen LogP contribution in [0.2, 0.25) is 0 Å². The zero-order valence-corrected chi connectivity index (χ0v) is 5.39. The number of terminal acetylenes is 2. The third-order valence-electron chi connectivity index (χ3n) is 0.836. The van der Waals surface area contributed by atoms with Gasteiger partial charge in [0.15, 0.2) is 0 Å². The number of ketones is 2. The zero-order chi connectivity index (χ0) is 7.98. The third kappa shape index (κ3) is 2.69. The average Bonchev–Trinajstić information content (AvgIpc) is 1.89. The molecule has 0 spiro atoms. The minimum atomic E-state index is -0.583. The van der Waals surface area contributed by atoms with E-state index in [9.17, 15) is 9.59 Å². The molecular weight excluding hydrogens is 128 g/mol. The molecule has 0 aliphatic heterocycles. The van der Waals surface area contributed by atoms with E-state index < -0.39 is 11.6 Å². The lowest BCUT2D eigenvalue weighted by molar-refractivity contribution is -0.135. The van der Waals surface area contributed by atoms with Gasteiger partial charge in [0, 0.05) is 0 Å². The lowest BCUT2D eigenvalue weighted by atomic mass is 10.1. The van der Waals surface area contributed by atoms with Gasteiger partial charge in [0.2, 0.25) is 11.6 Å². The second kappa shape index (κ2) is 4.35. The first kappa shape index (κ1) is 8.46. The van der Waals surface area contributed by atoms with Crippen LogP contribution in [0.4, 0.5) is 0 Å². The highest BCUT2D eigenvalue weighted by molar-refractivity contribution is 6.38. The minimum Gasteiger partial charge on any atom is -0.290 e. The summed E-state index contributed by atoms with van der Waals surface area (Å²) in [5.74, 6) is 2.97. The fraction of sp³-hybridized carbons (Fsp3) is 0.250. The van der Waals surface area contributed by atoms with Crippen LogP contribution in [0.5, 0.6) is 0 Å². The van der Waals surface area contributed by atoms with Gasteiger partial charge in [-0.1, -0.05) is 11.8 Å². The van der Waals surface area contributed by atoms with Crippen LogP contribution in [0.3, 0.4) is 0 Å². The molecule has 2 nitrogen and oxygen atoms in total. The van der Waals surface area contributed by atoms with Gasteiger partial charge in [0.25, 0.3) is 0 Å². The van der Waals surface area contributed by atoms with E-state index in [1.807, 2.05) is 0 Å². The van der Waals surface area contributed by atoms with Crippen LogP contribution in [-0.2, 0) is 9.59 Å². The Morgan fingerprint density at radius 2 is 1.30 bits per heavy atom. The van der Waals surface area contributed by atoms with Crippen LogP contribution in [0.15, 0.2) is 0 Å². The molecule has 0 heterocycles. The molecule has 0 atom stereocenters. The first-order valence-electron chi connectivity index (χ1n) is 2.65. The van der Waals surface area contributed by atoms with Gasteiger partial charge in [0.1, 0.15) is 0 Å². The molecule has 2 heteroatoms. The van der Waals surface area contributed by atoms with E-state index >= 15 is 0 Å².